The van der Waals surface area contributed by atoms with E-state index in [9.17, 15) is 5.11 Å². The molecule has 98 valence electrons. The van der Waals surface area contributed by atoms with Gasteiger partial charge < -0.3 is 14.3 Å². The molecular weight excluding hydrogens is 236 g/mol. The van der Waals surface area contributed by atoms with Crippen molar-refractivity contribution < 1.29 is 14.3 Å². The summed E-state index contributed by atoms with van der Waals surface area (Å²) in [5, 5.41) is 21.5. The van der Waals surface area contributed by atoms with Crippen molar-refractivity contribution in [3.05, 3.63) is 18.4 Å². The Kier molecular flexibility index (Phi) is 4.06. The minimum absolute atomic E-state index is 0.0852. The number of ether oxygens (including phenoxy) is 1. The number of aliphatic hydroxyl groups is 1. The Hall–Kier alpha value is -1.73. The van der Waals surface area contributed by atoms with Crippen LogP contribution in [0.15, 0.2) is 22.8 Å². The number of tetrazole rings is 1. The van der Waals surface area contributed by atoms with E-state index in [0.29, 0.717) is 11.6 Å². The molecule has 18 heavy (non-hydrogen) atoms. The molecule has 0 saturated heterocycles. The lowest BCUT2D eigenvalue weighted by atomic mass is 10.4. The SMILES string of the molecule is CC(C)OC[C@@H](O)Cn1nnc(-c2ccco2)n1. The minimum atomic E-state index is -0.661. The van der Waals surface area contributed by atoms with Crippen LogP contribution in [0.4, 0.5) is 0 Å². The fourth-order valence-corrected chi connectivity index (χ4v) is 1.37. The quantitative estimate of drug-likeness (QED) is 0.815. The molecule has 0 saturated carbocycles. The van der Waals surface area contributed by atoms with Gasteiger partial charge in [0.15, 0.2) is 5.76 Å². The molecule has 0 aliphatic heterocycles. The zero-order valence-corrected chi connectivity index (χ0v) is 10.4. The average molecular weight is 252 g/mol. The lowest BCUT2D eigenvalue weighted by Crippen LogP contribution is -2.25. The van der Waals surface area contributed by atoms with E-state index in [-0.39, 0.29) is 19.3 Å². The molecule has 2 aromatic heterocycles. The summed E-state index contributed by atoms with van der Waals surface area (Å²) in [7, 11) is 0. The second kappa shape index (κ2) is 5.74. The van der Waals surface area contributed by atoms with E-state index in [4.69, 9.17) is 9.15 Å². The summed E-state index contributed by atoms with van der Waals surface area (Å²) in [5.74, 6) is 0.950. The molecule has 0 spiro atoms. The van der Waals surface area contributed by atoms with Crippen LogP contribution in [0.25, 0.3) is 11.6 Å². The molecule has 7 heteroatoms. The fraction of sp³-hybridized carbons (Fsp3) is 0.545. The molecule has 7 nitrogen and oxygen atoms in total. The van der Waals surface area contributed by atoms with Gasteiger partial charge in [0.05, 0.1) is 31.6 Å². The third-order valence-corrected chi connectivity index (χ3v) is 2.19. The summed E-state index contributed by atoms with van der Waals surface area (Å²) in [6, 6.07) is 3.50. The maximum absolute atomic E-state index is 9.71. The molecule has 0 amide bonds. The first-order valence-corrected chi connectivity index (χ1v) is 5.76. The maximum atomic E-state index is 9.71. The Labute approximate surface area is 104 Å². The standard InChI is InChI=1S/C11H16N4O3/c1-8(2)18-7-9(16)6-15-13-11(12-14-15)10-4-3-5-17-10/h3-5,8-9,16H,6-7H2,1-2H3/t9-/m0/s1. The highest BCUT2D eigenvalue weighted by Crippen LogP contribution is 2.12. The number of hydrogen-bond acceptors (Lipinski definition) is 6. The van der Waals surface area contributed by atoms with Gasteiger partial charge in [-0.3, -0.25) is 0 Å². The lowest BCUT2D eigenvalue weighted by molar-refractivity contribution is -0.00379. The summed E-state index contributed by atoms with van der Waals surface area (Å²) in [4.78, 5) is 1.33. The van der Waals surface area contributed by atoms with Gasteiger partial charge in [-0.1, -0.05) is 0 Å². The summed E-state index contributed by atoms with van der Waals surface area (Å²) in [6.45, 7) is 4.31. The van der Waals surface area contributed by atoms with Gasteiger partial charge in [-0.15, -0.1) is 10.2 Å². The number of rotatable bonds is 6. The van der Waals surface area contributed by atoms with E-state index in [0.717, 1.165) is 0 Å². The molecule has 0 radical (unpaired) electrons. The highest BCUT2D eigenvalue weighted by atomic mass is 16.5. The van der Waals surface area contributed by atoms with Crippen LogP contribution in [0.2, 0.25) is 0 Å². The van der Waals surface area contributed by atoms with Crippen LogP contribution in [0.3, 0.4) is 0 Å². The second-order valence-corrected chi connectivity index (χ2v) is 4.18. The van der Waals surface area contributed by atoms with Crippen molar-refractivity contribution in [1.29, 1.82) is 0 Å². The van der Waals surface area contributed by atoms with Gasteiger partial charge in [-0.2, -0.15) is 4.80 Å². The third-order valence-electron chi connectivity index (χ3n) is 2.19. The number of hydrogen-bond donors (Lipinski definition) is 1. The van der Waals surface area contributed by atoms with E-state index in [2.05, 4.69) is 15.4 Å². The topological polar surface area (TPSA) is 86.2 Å². The monoisotopic (exact) mass is 252 g/mol. The lowest BCUT2D eigenvalue weighted by Gasteiger charge is -2.12. The summed E-state index contributed by atoms with van der Waals surface area (Å²) in [5.41, 5.74) is 0. The van der Waals surface area contributed by atoms with Crippen molar-refractivity contribution in [3.8, 4) is 11.6 Å². The summed E-state index contributed by atoms with van der Waals surface area (Å²) >= 11 is 0. The van der Waals surface area contributed by atoms with Gasteiger partial charge in [-0.25, -0.2) is 0 Å². The number of furan rings is 1. The summed E-state index contributed by atoms with van der Waals surface area (Å²) < 4.78 is 10.4. The molecular formula is C11H16N4O3. The molecule has 2 heterocycles. The molecule has 0 aliphatic carbocycles. The molecule has 0 fully saturated rings. The van der Waals surface area contributed by atoms with Crippen molar-refractivity contribution in [2.24, 2.45) is 0 Å². The number of aromatic nitrogens is 4. The van der Waals surface area contributed by atoms with Crippen molar-refractivity contribution in [2.75, 3.05) is 6.61 Å². The minimum Gasteiger partial charge on any atom is -0.461 e. The largest absolute Gasteiger partial charge is 0.461 e. The van der Waals surface area contributed by atoms with Crippen LogP contribution in [-0.2, 0) is 11.3 Å². The van der Waals surface area contributed by atoms with E-state index in [1.807, 2.05) is 13.8 Å². The fourth-order valence-electron chi connectivity index (χ4n) is 1.37. The average Bonchev–Trinajstić information content (AvgIpc) is 2.95. The van der Waals surface area contributed by atoms with E-state index < -0.39 is 6.10 Å². The highest BCUT2D eigenvalue weighted by molar-refractivity contribution is 5.43. The Balaban J connectivity index is 1.90. The Morgan fingerprint density at radius 1 is 1.50 bits per heavy atom. The van der Waals surface area contributed by atoms with Crippen molar-refractivity contribution in [1.82, 2.24) is 20.2 Å². The second-order valence-electron chi connectivity index (χ2n) is 4.18. The predicted molar refractivity (Wildman–Crippen MR) is 62.6 cm³/mol. The zero-order chi connectivity index (χ0) is 13.0. The van der Waals surface area contributed by atoms with Gasteiger partial charge in [0, 0.05) is 0 Å². The van der Waals surface area contributed by atoms with Gasteiger partial charge in [-0.05, 0) is 31.2 Å². The van der Waals surface area contributed by atoms with Crippen LogP contribution in [0, 0.1) is 0 Å². The van der Waals surface area contributed by atoms with Crippen molar-refractivity contribution in [2.45, 2.75) is 32.6 Å². The molecule has 1 N–H and O–H groups in total. The molecule has 0 unspecified atom stereocenters. The predicted octanol–water partition coefficient (Wildman–Crippen LogP) is 0.719. The van der Waals surface area contributed by atoms with Gasteiger partial charge in [0.2, 0.25) is 5.82 Å². The Bertz CT molecular complexity index is 466. The first-order valence-electron chi connectivity index (χ1n) is 5.76. The third kappa shape index (κ3) is 3.38. The first-order chi connectivity index (χ1) is 8.65. The van der Waals surface area contributed by atoms with Crippen LogP contribution in [0.5, 0.6) is 0 Å². The number of aliphatic hydroxyl groups excluding tert-OH is 1. The highest BCUT2D eigenvalue weighted by Gasteiger charge is 2.12. The van der Waals surface area contributed by atoms with Crippen molar-refractivity contribution >= 4 is 0 Å². The zero-order valence-electron chi connectivity index (χ0n) is 10.4. The van der Waals surface area contributed by atoms with E-state index in [1.54, 1.807) is 18.4 Å². The van der Waals surface area contributed by atoms with Gasteiger partial charge in [0.1, 0.15) is 0 Å². The molecule has 0 aromatic carbocycles. The first kappa shape index (κ1) is 12.7. The smallest absolute Gasteiger partial charge is 0.240 e. The van der Waals surface area contributed by atoms with Crippen molar-refractivity contribution in [3.63, 3.8) is 0 Å². The molecule has 2 aromatic rings. The van der Waals surface area contributed by atoms with Crippen LogP contribution in [0.1, 0.15) is 13.8 Å². The maximum Gasteiger partial charge on any atom is 0.240 e. The Morgan fingerprint density at radius 3 is 3.00 bits per heavy atom. The van der Waals surface area contributed by atoms with Gasteiger partial charge >= 0.3 is 0 Å². The van der Waals surface area contributed by atoms with Gasteiger partial charge in [0.25, 0.3) is 0 Å². The summed E-state index contributed by atoms with van der Waals surface area (Å²) in [6.07, 6.45) is 0.967. The molecule has 0 aliphatic rings. The molecule has 0 bridgehead atoms. The van der Waals surface area contributed by atoms with Crippen LogP contribution < -0.4 is 0 Å². The van der Waals surface area contributed by atoms with E-state index >= 15 is 0 Å². The van der Waals surface area contributed by atoms with Crippen LogP contribution in [-0.4, -0.2) is 44.1 Å². The molecule has 2 rings (SSSR count). The van der Waals surface area contributed by atoms with Crippen LogP contribution >= 0.6 is 0 Å². The normalized spacial score (nSPS) is 13.1. The number of nitrogens with zero attached hydrogens (tertiary/aromatic N) is 4. The molecule has 1 atom stereocenters. The Morgan fingerprint density at radius 2 is 2.33 bits per heavy atom. The van der Waals surface area contributed by atoms with E-state index in [1.165, 1.54) is 4.80 Å².